The van der Waals surface area contributed by atoms with Crippen molar-refractivity contribution in [1.29, 1.82) is 0 Å². The average molecular weight is 276 g/mol. The van der Waals surface area contributed by atoms with Gasteiger partial charge in [-0.15, -0.1) is 0 Å². The average Bonchev–Trinajstić information content (AvgIpc) is 2.47. The van der Waals surface area contributed by atoms with Gasteiger partial charge in [0.05, 0.1) is 13.3 Å². The van der Waals surface area contributed by atoms with Crippen LogP contribution in [0, 0.1) is 0 Å². The molecule has 1 aromatic carbocycles. The first kappa shape index (κ1) is 16.2. The lowest BCUT2D eigenvalue weighted by atomic mass is 10.1. The summed E-state index contributed by atoms with van der Waals surface area (Å²) < 4.78 is 5.20. The molecule has 0 aliphatic rings. The summed E-state index contributed by atoms with van der Waals surface area (Å²) in [5.41, 5.74) is 3.39. The Labute approximate surface area is 121 Å². The molecule has 1 aromatic rings. The molecule has 20 heavy (non-hydrogen) atoms. The zero-order valence-corrected chi connectivity index (χ0v) is 12.4. The summed E-state index contributed by atoms with van der Waals surface area (Å²) in [5, 5.41) is 3.96. The monoisotopic (exact) mass is 276 g/mol. The molecule has 0 aliphatic carbocycles. The number of methoxy groups -OCH3 is 1. The second kappa shape index (κ2) is 10.0. The van der Waals surface area contributed by atoms with Crippen molar-refractivity contribution in [2.45, 2.75) is 45.4 Å². The first-order valence-electron chi connectivity index (χ1n) is 7.22. The highest BCUT2D eigenvalue weighted by atomic mass is 16.5. The molecule has 0 fully saturated rings. The van der Waals surface area contributed by atoms with Gasteiger partial charge in [-0.05, 0) is 18.6 Å². The highest BCUT2D eigenvalue weighted by Gasteiger charge is 2.00. The number of nitrogens with zero attached hydrogens (tertiary/aromatic N) is 1. The fourth-order valence-corrected chi connectivity index (χ4v) is 1.89. The third kappa shape index (κ3) is 6.36. The van der Waals surface area contributed by atoms with E-state index in [0.717, 1.165) is 24.2 Å². The Morgan fingerprint density at radius 1 is 1.25 bits per heavy atom. The molecule has 4 nitrogen and oxygen atoms in total. The second-order valence-electron chi connectivity index (χ2n) is 4.70. The van der Waals surface area contributed by atoms with E-state index in [4.69, 9.17) is 4.74 Å². The van der Waals surface area contributed by atoms with Crippen molar-refractivity contribution in [2.75, 3.05) is 7.11 Å². The Hall–Kier alpha value is -1.84. The number of carbonyl (C=O) groups is 1. The molecule has 1 amide bonds. The Morgan fingerprint density at radius 3 is 2.75 bits per heavy atom. The van der Waals surface area contributed by atoms with Gasteiger partial charge in [0.2, 0.25) is 5.91 Å². The van der Waals surface area contributed by atoms with Crippen LogP contribution in [0.5, 0.6) is 5.75 Å². The highest BCUT2D eigenvalue weighted by molar-refractivity contribution is 5.85. The largest absolute Gasteiger partial charge is 0.496 e. The zero-order chi connectivity index (χ0) is 14.6. The van der Waals surface area contributed by atoms with Crippen molar-refractivity contribution < 1.29 is 9.53 Å². The van der Waals surface area contributed by atoms with Gasteiger partial charge in [0.1, 0.15) is 5.75 Å². The number of hydrogen-bond donors (Lipinski definition) is 1. The molecule has 0 aromatic heterocycles. The molecule has 0 saturated carbocycles. The number of nitrogens with one attached hydrogen (secondary N) is 1. The maximum absolute atomic E-state index is 11.6. The summed E-state index contributed by atoms with van der Waals surface area (Å²) in [4.78, 5) is 11.6. The number of ether oxygens (including phenoxy) is 1. The molecule has 110 valence electrons. The number of unbranched alkanes of at least 4 members (excludes halogenated alkanes) is 4. The van der Waals surface area contributed by atoms with Gasteiger partial charge in [0.15, 0.2) is 0 Å². The normalized spacial score (nSPS) is 10.7. The van der Waals surface area contributed by atoms with Crippen molar-refractivity contribution in [3.63, 3.8) is 0 Å². The quantitative estimate of drug-likeness (QED) is 0.426. The van der Waals surface area contributed by atoms with Crippen molar-refractivity contribution in [1.82, 2.24) is 5.43 Å². The van der Waals surface area contributed by atoms with Crippen LogP contribution in [0.4, 0.5) is 0 Å². The minimum absolute atomic E-state index is 0.0346. The van der Waals surface area contributed by atoms with Crippen molar-refractivity contribution in [2.24, 2.45) is 5.10 Å². The number of hydrogen-bond acceptors (Lipinski definition) is 3. The molecule has 0 bridgehead atoms. The van der Waals surface area contributed by atoms with E-state index in [9.17, 15) is 4.79 Å². The minimum Gasteiger partial charge on any atom is -0.496 e. The molecule has 0 aliphatic heterocycles. The molecule has 1 N–H and O–H groups in total. The number of amides is 1. The van der Waals surface area contributed by atoms with Gasteiger partial charge in [0, 0.05) is 12.0 Å². The molecule has 1 rings (SSSR count). The van der Waals surface area contributed by atoms with Gasteiger partial charge in [-0.2, -0.15) is 5.10 Å². The predicted molar refractivity (Wildman–Crippen MR) is 82.1 cm³/mol. The highest BCUT2D eigenvalue weighted by Crippen LogP contribution is 2.14. The summed E-state index contributed by atoms with van der Waals surface area (Å²) in [6.45, 7) is 2.18. The fraction of sp³-hybridized carbons (Fsp3) is 0.500. The van der Waals surface area contributed by atoms with Crippen LogP contribution in [0.25, 0.3) is 0 Å². The fourth-order valence-electron chi connectivity index (χ4n) is 1.89. The number of benzene rings is 1. The van der Waals surface area contributed by atoms with E-state index in [2.05, 4.69) is 17.5 Å². The molecule has 0 saturated heterocycles. The van der Waals surface area contributed by atoms with E-state index in [1.807, 2.05) is 24.3 Å². The lowest BCUT2D eigenvalue weighted by molar-refractivity contribution is -0.121. The van der Waals surface area contributed by atoms with Crippen molar-refractivity contribution in [3.05, 3.63) is 29.8 Å². The van der Waals surface area contributed by atoms with Crippen LogP contribution in [0.15, 0.2) is 29.4 Å². The van der Waals surface area contributed by atoms with Crippen LogP contribution < -0.4 is 10.2 Å². The number of hydrazone groups is 1. The van der Waals surface area contributed by atoms with Gasteiger partial charge in [-0.3, -0.25) is 4.79 Å². The third-order valence-corrected chi connectivity index (χ3v) is 3.04. The van der Waals surface area contributed by atoms with Crippen LogP contribution in [0.2, 0.25) is 0 Å². The standard InChI is InChI=1S/C16H24N2O2/c1-3-4-5-6-7-12-16(19)18-17-13-14-10-8-9-11-15(14)20-2/h8-11,13H,3-7,12H2,1-2H3,(H,18,19)/b17-13-. The SMILES string of the molecule is CCCCCCCC(=O)N/N=C\c1ccccc1OC. The maximum Gasteiger partial charge on any atom is 0.240 e. The Kier molecular flexibility index (Phi) is 8.11. The molecule has 4 heteroatoms. The van der Waals surface area contributed by atoms with Gasteiger partial charge in [-0.1, -0.05) is 44.7 Å². The van der Waals surface area contributed by atoms with E-state index in [1.165, 1.54) is 19.3 Å². The smallest absolute Gasteiger partial charge is 0.240 e. The molecule has 0 atom stereocenters. The molecular formula is C16H24N2O2. The Balaban J connectivity index is 2.28. The molecule has 0 heterocycles. The van der Waals surface area contributed by atoms with Crippen molar-refractivity contribution in [3.8, 4) is 5.75 Å². The van der Waals surface area contributed by atoms with E-state index in [-0.39, 0.29) is 5.91 Å². The minimum atomic E-state index is -0.0346. The van der Waals surface area contributed by atoms with E-state index < -0.39 is 0 Å². The van der Waals surface area contributed by atoms with Crippen LogP contribution in [-0.4, -0.2) is 19.2 Å². The summed E-state index contributed by atoms with van der Waals surface area (Å²) >= 11 is 0. The van der Waals surface area contributed by atoms with Gasteiger partial charge >= 0.3 is 0 Å². The summed E-state index contributed by atoms with van der Waals surface area (Å²) in [5.74, 6) is 0.706. The van der Waals surface area contributed by atoms with Gasteiger partial charge < -0.3 is 4.74 Å². The molecular weight excluding hydrogens is 252 g/mol. The summed E-state index contributed by atoms with van der Waals surface area (Å²) in [6, 6.07) is 7.54. The number of rotatable bonds is 9. The summed E-state index contributed by atoms with van der Waals surface area (Å²) in [7, 11) is 1.61. The first-order valence-corrected chi connectivity index (χ1v) is 7.22. The van der Waals surface area contributed by atoms with E-state index >= 15 is 0 Å². The summed E-state index contributed by atoms with van der Waals surface area (Å²) in [6.07, 6.45) is 7.84. The molecule has 0 radical (unpaired) electrons. The van der Waals surface area contributed by atoms with Gasteiger partial charge in [-0.25, -0.2) is 5.43 Å². The van der Waals surface area contributed by atoms with Crippen molar-refractivity contribution >= 4 is 12.1 Å². The Bertz CT molecular complexity index is 430. The van der Waals surface area contributed by atoms with Gasteiger partial charge in [0.25, 0.3) is 0 Å². The topological polar surface area (TPSA) is 50.7 Å². The molecule has 0 spiro atoms. The zero-order valence-electron chi connectivity index (χ0n) is 12.4. The van der Waals surface area contributed by atoms with Crippen LogP contribution in [-0.2, 0) is 4.79 Å². The van der Waals surface area contributed by atoms with Crippen LogP contribution >= 0.6 is 0 Å². The van der Waals surface area contributed by atoms with E-state index in [0.29, 0.717) is 6.42 Å². The number of para-hydroxylation sites is 1. The lowest BCUT2D eigenvalue weighted by Crippen LogP contribution is -2.16. The van der Waals surface area contributed by atoms with Crippen LogP contribution in [0.3, 0.4) is 0 Å². The third-order valence-electron chi connectivity index (χ3n) is 3.04. The Morgan fingerprint density at radius 2 is 2.00 bits per heavy atom. The number of carbonyl (C=O) groups excluding carboxylic acids is 1. The lowest BCUT2D eigenvalue weighted by Gasteiger charge is -2.03. The van der Waals surface area contributed by atoms with E-state index in [1.54, 1.807) is 13.3 Å². The predicted octanol–water partition coefficient (Wildman–Crippen LogP) is 3.51. The molecule has 0 unspecified atom stereocenters. The first-order chi connectivity index (χ1) is 9.77. The maximum atomic E-state index is 11.6. The van der Waals surface area contributed by atoms with Crippen LogP contribution in [0.1, 0.15) is 51.0 Å². The second-order valence-corrected chi connectivity index (χ2v) is 4.70.